The maximum Gasteiger partial charge on any atom is 0.191 e. The van der Waals surface area contributed by atoms with Crippen LogP contribution >= 0.6 is 11.8 Å². The molecule has 0 aliphatic rings. The molecule has 0 radical (unpaired) electrons. The Morgan fingerprint density at radius 1 is 1.21 bits per heavy atom. The van der Waals surface area contributed by atoms with Crippen molar-refractivity contribution in [2.45, 2.75) is 18.5 Å². The monoisotopic (exact) mass is 283 g/mol. The topological polar surface area (TPSA) is 44.3 Å². The number of rotatable bonds is 8. The smallest absolute Gasteiger partial charge is 0.191 e. The van der Waals surface area contributed by atoms with Gasteiger partial charge in [-0.25, -0.2) is 9.97 Å². The van der Waals surface area contributed by atoms with Crippen LogP contribution in [0, 0.1) is 0 Å². The van der Waals surface area contributed by atoms with Crippen LogP contribution in [0.2, 0.25) is 0 Å². The van der Waals surface area contributed by atoms with Crippen LogP contribution in [0.3, 0.4) is 0 Å². The van der Waals surface area contributed by atoms with Crippen LogP contribution in [-0.2, 0) is 0 Å². The van der Waals surface area contributed by atoms with E-state index >= 15 is 0 Å². The largest absolute Gasteiger partial charge is 0.373 e. The van der Waals surface area contributed by atoms with Gasteiger partial charge in [0.1, 0.15) is 11.6 Å². The number of thioether (sulfide) groups is 1. The van der Waals surface area contributed by atoms with E-state index in [0.717, 1.165) is 42.8 Å². The lowest BCUT2D eigenvalue weighted by atomic mass is 10.3. The van der Waals surface area contributed by atoms with Crippen molar-refractivity contribution in [3.05, 3.63) is 6.07 Å². The van der Waals surface area contributed by atoms with E-state index in [-0.39, 0.29) is 0 Å². The van der Waals surface area contributed by atoms with E-state index in [0.29, 0.717) is 0 Å². The minimum absolute atomic E-state index is 0.813. The third kappa shape index (κ3) is 5.24. The van der Waals surface area contributed by atoms with Crippen molar-refractivity contribution in [3.63, 3.8) is 0 Å². The van der Waals surface area contributed by atoms with Crippen LogP contribution in [0.5, 0.6) is 0 Å². The Labute approximate surface area is 120 Å². The molecule has 0 aliphatic heterocycles. The summed E-state index contributed by atoms with van der Waals surface area (Å²) in [6.45, 7) is 5.21. The quantitative estimate of drug-likeness (QED) is 0.582. The molecule has 0 amide bonds. The van der Waals surface area contributed by atoms with Crippen molar-refractivity contribution in [2.24, 2.45) is 0 Å². The summed E-state index contributed by atoms with van der Waals surface area (Å²) < 4.78 is 0. The first-order valence-electron chi connectivity index (χ1n) is 6.61. The molecule has 0 aliphatic carbocycles. The zero-order valence-electron chi connectivity index (χ0n) is 12.6. The van der Waals surface area contributed by atoms with Crippen molar-refractivity contribution in [1.29, 1.82) is 0 Å². The second kappa shape index (κ2) is 8.22. The standard InChI is InChI=1S/C13H25N5S/c1-6-7-18(9-8-17(3)4)12-10-11(14-2)15-13(16-12)19-5/h10H,6-9H2,1-5H3,(H,14,15,16). The number of hydrogen-bond acceptors (Lipinski definition) is 6. The van der Waals surface area contributed by atoms with E-state index in [1.54, 1.807) is 11.8 Å². The van der Waals surface area contributed by atoms with Crippen molar-refractivity contribution < 1.29 is 0 Å². The van der Waals surface area contributed by atoms with Crippen LogP contribution in [0.4, 0.5) is 11.6 Å². The average Bonchev–Trinajstić information content (AvgIpc) is 2.42. The highest BCUT2D eigenvalue weighted by Crippen LogP contribution is 2.20. The highest BCUT2D eigenvalue weighted by molar-refractivity contribution is 7.98. The van der Waals surface area contributed by atoms with Gasteiger partial charge in [0.05, 0.1) is 0 Å². The zero-order valence-corrected chi connectivity index (χ0v) is 13.4. The lowest BCUT2D eigenvalue weighted by Gasteiger charge is -2.25. The van der Waals surface area contributed by atoms with Crippen LogP contribution in [0.1, 0.15) is 13.3 Å². The van der Waals surface area contributed by atoms with E-state index in [1.807, 2.05) is 19.4 Å². The van der Waals surface area contributed by atoms with Gasteiger partial charge in [-0.05, 0) is 26.8 Å². The molecular weight excluding hydrogens is 258 g/mol. The van der Waals surface area contributed by atoms with Gasteiger partial charge in [0, 0.05) is 32.7 Å². The Morgan fingerprint density at radius 2 is 1.95 bits per heavy atom. The predicted molar refractivity (Wildman–Crippen MR) is 84.4 cm³/mol. The summed E-state index contributed by atoms with van der Waals surface area (Å²) in [5, 5.41) is 3.92. The van der Waals surface area contributed by atoms with Gasteiger partial charge in [-0.1, -0.05) is 18.7 Å². The molecule has 6 heteroatoms. The van der Waals surface area contributed by atoms with Gasteiger partial charge >= 0.3 is 0 Å². The molecule has 5 nitrogen and oxygen atoms in total. The molecule has 1 rings (SSSR count). The summed E-state index contributed by atoms with van der Waals surface area (Å²) in [6.07, 6.45) is 3.11. The van der Waals surface area contributed by atoms with Gasteiger partial charge in [0.2, 0.25) is 0 Å². The fraction of sp³-hybridized carbons (Fsp3) is 0.692. The summed E-state index contributed by atoms with van der Waals surface area (Å²) in [6, 6.07) is 2.02. The normalized spacial score (nSPS) is 10.8. The molecule has 1 N–H and O–H groups in total. The van der Waals surface area contributed by atoms with Crippen LogP contribution in [-0.4, -0.2) is 61.9 Å². The summed E-state index contributed by atoms with van der Waals surface area (Å²) in [7, 11) is 6.08. The molecule has 0 atom stereocenters. The average molecular weight is 283 g/mol. The van der Waals surface area contributed by atoms with Gasteiger partial charge in [0.25, 0.3) is 0 Å². The molecule has 0 saturated heterocycles. The second-order valence-electron chi connectivity index (χ2n) is 4.64. The van der Waals surface area contributed by atoms with E-state index in [9.17, 15) is 0 Å². The summed E-state index contributed by atoms with van der Waals surface area (Å²) >= 11 is 1.57. The Balaban J connectivity index is 2.92. The zero-order chi connectivity index (χ0) is 14.3. The lowest BCUT2D eigenvalue weighted by molar-refractivity contribution is 0.412. The van der Waals surface area contributed by atoms with Crippen molar-refractivity contribution in [3.8, 4) is 0 Å². The summed E-state index contributed by atoms with van der Waals surface area (Å²) in [5.41, 5.74) is 0. The molecule has 0 bridgehead atoms. The lowest BCUT2D eigenvalue weighted by Crippen LogP contribution is -2.33. The van der Waals surface area contributed by atoms with Crippen molar-refractivity contribution in [2.75, 3.05) is 57.2 Å². The Hall–Kier alpha value is -1.01. The molecular formula is C13H25N5S. The second-order valence-corrected chi connectivity index (χ2v) is 5.41. The molecule has 0 unspecified atom stereocenters. The third-order valence-corrected chi connectivity index (χ3v) is 3.31. The molecule has 0 saturated carbocycles. The van der Waals surface area contributed by atoms with Crippen LogP contribution in [0.15, 0.2) is 11.2 Å². The summed E-state index contributed by atoms with van der Waals surface area (Å²) in [4.78, 5) is 13.5. The fourth-order valence-corrected chi connectivity index (χ4v) is 2.10. The van der Waals surface area contributed by atoms with Gasteiger partial charge < -0.3 is 15.1 Å². The molecule has 1 heterocycles. The van der Waals surface area contributed by atoms with Crippen LogP contribution in [0.25, 0.3) is 0 Å². The van der Waals surface area contributed by atoms with Gasteiger partial charge in [0.15, 0.2) is 5.16 Å². The number of nitrogens with zero attached hydrogens (tertiary/aromatic N) is 4. The molecule has 19 heavy (non-hydrogen) atoms. The third-order valence-electron chi connectivity index (χ3n) is 2.77. The molecule has 1 aromatic rings. The number of aromatic nitrogens is 2. The Morgan fingerprint density at radius 3 is 2.47 bits per heavy atom. The number of anilines is 2. The van der Waals surface area contributed by atoms with Gasteiger partial charge in [-0.15, -0.1) is 0 Å². The van der Waals surface area contributed by atoms with Gasteiger partial charge in [-0.3, -0.25) is 0 Å². The van der Waals surface area contributed by atoms with E-state index in [1.165, 1.54) is 0 Å². The predicted octanol–water partition coefficient (Wildman–Crippen LogP) is 2.02. The number of likely N-dealkylation sites (N-methyl/N-ethyl adjacent to an activating group) is 1. The maximum absolute atomic E-state index is 4.62. The molecule has 1 aromatic heterocycles. The number of hydrogen-bond donors (Lipinski definition) is 1. The molecule has 0 fully saturated rings. The van der Waals surface area contributed by atoms with Crippen LogP contribution < -0.4 is 10.2 Å². The van der Waals surface area contributed by atoms with E-state index < -0.39 is 0 Å². The first-order chi connectivity index (χ1) is 9.10. The van der Waals surface area contributed by atoms with E-state index in [4.69, 9.17) is 0 Å². The van der Waals surface area contributed by atoms with Crippen molar-refractivity contribution in [1.82, 2.24) is 14.9 Å². The fourth-order valence-electron chi connectivity index (χ4n) is 1.73. The van der Waals surface area contributed by atoms with Crippen molar-refractivity contribution >= 4 is 23.4 Å². The maximum atomic E-state index is 4.62. The number of nitrogens with one attached hydrogen (secondary N) is 1. The highest BCUT2D eigenvalue weighted by atomic mass is 32.2. The SMILES string of the molecule is CCCN(CCN(C)C)c1cc(NC)nc(SC)n1. The minimum atomic E-state index is 0.813. The first-order valence-corrected chi connectivity index (χ1v) is 7.83. The summed E-state index contributed by atoms with van der Waals surface area (Å²) in [5.74, 6) is 1.88. The molecule has 108 valence electrons. The Bertz CT molecular complexity index is 361. The highest BCUT2D eigenvalue weighted by Gasteiger charge is 2.11. The molecule has 0 aromatic carbocycles. The van der Waals surface area contributed by atoms with E-state index in [2.05, 4.69) is 46.1 Å². The molecule has 0 spiro atoms. The minimum Gasteiger partial charge on any atom is -0.373 e. The first kappa shape index (κ1) is 16.0. The Kier molecular flexibility index (Phi) is 6.94. The van der Waals surface area contributed by atoms with Gasteiger partial charge in [-0.2, -0.15) is 0 Å².